The third-order valence-corrected chi connectivity index (χ3v) is 2.47. The van der Waals surface area contributed by atoms with Crippen LogP contribution in [0.2, 0.25) is 0 Å². The Morgan fingerprint density at radius 2 is 1.47 bits per heavy atom. The largest absolute Gasteiger partial charge is 0.352 e. The van der Waals surface area contributed by atoms with Gasteiger partial charge in [0.25, 0.3) is 0 Å². The van der Waals surface area contributed by atoms with Gasteiger partial charge in [-0.2, -0.15) is 0 Å². The van der Waals surface area contributed by atoms with Gasteiger partial charge in [-0.15, -0.1) is 0 Å². The van der Waals surface area contributed by atoms with Gasteiger partial charge in [-0.3, -0.25) is 4.79 Å². The van der Waals surface area contributed by atoms with E-state index in [0.29, 0.717) is 19.6 Å². The number of hydrogen-bond donors (Lipinski definition) is 1. The van der Waals surface area contributed by atoms with Crippen molar-refractivity contribution >= 4 is 11.9 Å². The standard InChI is InChI=1S/C12H25N3O2/c1-6-14(7-2)12(17)15(8-3)9-11(16)13-10(4)5/h10H,6-9H2,1-5H3,(H,13,16). The van der Waals surface area contributed by atoms with Crippen LogP contribution in [-0.2, 0) is 4.79 Å². The predicted octanol–water partition coefficient (Wildman–Crippen LogP) is 1.29. The van der Waals surface area contributed by atoms with Crippen LogP contribution >= 0.6 is 0 Å². The van der Waals surface area contributed by atoms with Crippen LogP contribution in [0.5, 0.6) is 0 Å². The lowest BCUT2D eigenvalue weighted by molar-refractivity contribution is -0.122. The van der Waals surface area contributed by atoms with E-state index in [4.69, 9.17) is 0 Å². The van der Waals surface area contributed by atoms with E-state index in [2.05, 4.69) is 5.32 Å². The number of hydrogen-bond acceptors (Lipinski definition) is 2. The Labute approximate surface area is 104 Å². The predicted molar refractivity (Wildman–Crippen MR) is 68.8 cm³/mol. The molecule has 0 bridgehead atoms. The highest BCUT2D eigenvalue weighted by Gasteiger charge is 2.19. The van der Waals surface area contributed by atoms with Gasteiger partial charge in [0, 0.05) is 25.7 Å². The fourth-order valence-corrected chi connectivity index (χ4v) is 1.55. The van der Waals surface area contributed by atoms with E-state index < -0.39 is 0 Å². The molecule has 3 amide bonds. The summed E-state index contributed by atoms with van der Waals surface area (Å²) in [5, 5.41) is 2.79. The van der Waals surface area contributed by atoms with E-state index in [0.717, 1.165) is 0 Å². The molecule has 100 valence electrons. The Morgan fingerprint density at radius 3 is 1.82 bits per heavy atom. The SMILES string of the molecule is CCN(CC)C(=O)N(CC)CC(=O)NC(C)C. The number of nitrogens with zero attached hydrogens (tertiary/aromatic N) is 2. The minimum atomic E-state index is -0.109. The zero-order chi connectivity index (χ0) is 13.4. The summed E-state index contributed by atoms with van der Waals surface area (Å²) in [6.07, 6.45) is 0. The maximum absolute atomic E-state index is 12.0. The van der Waals surface area contributed by atoms with Gasteiger partial charge in [-0.25, -0.2) is 4.79 Å². The lowest BCUT2D eigenvalue weighted by Crippen LogP contribution is -2.48. The highest BCUT2D eigenvalue weighted by molar-refractivity contribution is 5.84. The number of carbonyl (C=O) groups excluding carboxylic acids is 2. The number of likely N-dealkylation sites (N-methyl/N-ethyl adjacent to an activating group) is 1. The van der Waals surface area contributed by atoms with Crippen LogP contribution in [0.4, 0.5) is 4.79 Å². The van der Waals surface area contributed by atoms with Crippen LogP contribution in [0.1, 0.15) is 34.6 Å². The summed E-state index contributed by atoms with van der Waals surface area (Å²) in [6.45, 7) is 11.6. The third kappa shape index (κ3) is 5.56. The zero-order valence-electron chi connectivity index (χ0n) is 11.6. The highest BCUT2D eigenvalue weighted by Crippen LogP contribution is 1.99. The summed E-state index contributed by atoms with van der Waals surface area (Å²) in [7, 11) is 0. The molecule has 5 nitrogen and oxygen atoms in total. The molecule has 0 aliphatic carbocycles. The average molecular weight is 243 g/mol. The van der Waals surface area contributed by atoms with E-state index >= 15 is 0 Å². The van der Waals surface area contributed by atoms with Gasteiger partial charge in [-0.1, -0.05) is 0 Å². The molecular weight excluding hydrogens is 218 g/mol. The molecule has 0 aromatic heterocycles. The van der Waals surface area contributed by atoms with Crippen molar-refractivity contribution in [3.05, 3.63) is 0 Å². The van der Waals surface area contributed by atoms with Gasteiger partial charge < -0.3 is 15.1 Å². The Bertz CT molecular complexity index is 250. The first-order valence-electron chi connectivity index (χ1n) is 6.29. The first-order valence-corrected chi connectivity index (χ1v) is 6.29. The van der Waals surface area contributed by atoms with E-state index in [9.17, 15) is 9.59 Å². The molecule has 0 atom stereocenters. The van der Waals surface area contributed by atoms with Crippen LogP contribution in [-0.4, -0.2) is 54.0 Å². The average Bonchev–Trinajstić information content (AvgIpc) is 2.26. The Hall–Kier alpha value is -1.26. The zero-order valence-corrected chi connectivity index (χ0v) is 11.6. The molecule has 0 aliphatic rings. The third-order valence-electron chi connectivity index (χ3n) is 2.47. The first kappa shape index (κ1) is 15.7. The summed E-state index contributed by atoms with van der Waals surface area (Å²) in [6, 6.07) is 0.0289. The maximum Gasteiger partial charge on any atom is 0.320 e. The quantitative estimate of drug-likeness (QED) is 0.764. The van der Waals surface area contributed by atoms with E-state index in [-0.39, 0.29) is 24.5 Å². The number of rotatable bonds is 6. The molecule has 0 saturated carbocycles. The molecule has 0 rings (SSSR count). The second-order valence-corrected chi connectivity index (χ2v) is 4.19. The van der Waals surface area contributed by atoms with Crippen molar-refractivity contribution in [2.45, 2.75) is 40.7 Å². The van der Waals surface area contributed by atoms with Crippen molar-refractivity contribution in [1.82, 2.24) is 15.1 Å². The number of carbonyl (C=O) groups is 2. The van der Waals surface area contributed by atoms with E-state index in [1.165, 1.54) is 0 Å². The van der Waals surface area contributed by atoms with Gasteiger partial charge in [0.05, 0.1) is 0 Å². The minimum Gasteiger partial charge on any atom is -0.352 e. The summed E-state index contributed by atoms with van der Waals surface area (Å²) < 4.78 is 0. The molecular formula is C12H25N3O2. The molecule has 5 heteroatoms. The maximum atomic E-state index is 12.0. The van der Waals surface area contributed by atoms with Crippen molar-refractivity contribution in [2.75, 3.05) is 26.2 Å². The highest BCUT2D eigenvalue weighted by atomic mass is 16.2. The molecule has 0 unspecified atom stereocenters. The minimum absolute atomic E-state index is 0.0728. The van der Waals surface area contributed by atoms with Gasteiger partial charge in [0.1, 0.15) is 6.54 Å². The lowest BCUT2D eigenvalue weighted by atomic mass is 10.3. The van der Waals surface area contributed by atoms with Crippen molar-refractivity contribution in [3.63, 3.8) is 0 Å². The summed E-state index contributed by atoms with van der Waals surface area (Å²) in [4.78, 5) is 26.9. The van der Waals surface area contributed by atoms with Crippen molar-refractivity contribution in [2.24, 2.45) is 0 Å². The molecule has 0 aromatic rings. The van der Waals surface area contributed by atoms with Gasteiger partial charge in [0.2, 0.25) is 5.91 Å². The van der Waals surface area contributed by atoms with Crippen molar-refractivity contribution in [1.29, 1.82) is 0 Å². The molecule has 0 spiro atoms. The summed E-state index contributed by atoms with van der Waals surface area (Å²) >= 11 is 0. The first-order chi connectivity index (χ1) is 7.96. The normalized spacial score (nSPS) is 10.2. The van der Waals surface area contributed by atoms with Crippen LogP contribution < -0.4 is 5.32 Å². The van der Waals surface area contributed by atoms with Crippen LogP contribution in [0, 0.1) is 0 Å². The number of amides is 3. The van der Waals surface area contributed by atoms with Crippen LogP contribution in [0.3, 0.4) is 0 Å². The Balaban J connectivity index is 4.41. The topological polar surface area (TPSA) is 52.7 Å². The summed E-state index contributed by atoms with van der Waals surface area (Å²) in [5.41, 5.74) is 0. The molecule has 0 aromatic carbocycles. The molecule has 0 radical (unpaired) electrons. The van der Waals surface area contributed by atoms with Gasteiger partial charge in [-0.05, 0) is 34.6 Å². The Kier molecular flexibility index (Phi) is 7.34. The number of urea groups is 1. The second-order valence-electron chi connectivity index (χ2n) is 4.19. The summed E-state index contributed by atoms with van der Waals surface area (Å²) in [5.74, 6) is -0.109. The van der Waals surface area contributed by atoms with E-state index in [1.54, 1.807) is 9.80 Å². The van der Waals surface area contributed by atoms with Crippen molar-refractivity contribution < 1.29 is 9.59 Å². The van der Waals surface area contributed by atoms with Crippen LogP contribution in [0.15, 0.2) is 0 Å². The number of nitrogens with one attached hydrogen (secondary N) is 1. The Morgan fingerprint density at radius 1 is 1.00 bits per heavy atom. The fraction of sp³-hybridized carbons (Fsp3) is 0.833. The molecule has 0 aliphatic heterocycles. The second kappa shape index (κ2) is 7.92. The molecule has 17 heavy (non-hydrogen) atoms. The smallest absolute Gasteiger partial charge is 0.320 e. The lowest BCUT2D eigenvalue weighted by Gasteiger charge is -2.28. The monoisotopic (exact) mass is 243 g/mol. The molecule has 1 N–H and O–H groups in total. The van der Waals surface area contributed by atoms with Gasteiger partial charge in [0.15, 0.2) is 0 Å². The molecule has 0 fully saturated rings. The van der Waals surface area contributed by atoms with Crippen molar-refractivity contribution in [3.8, 4) is 0 Å². The molecule has 0 saturated heterocycles. The molecule has 0 heterocycles. The van der Waals surface area contributed by atoms with E-state index in [1.807, 2.05) is 34.6 Å². The fourth-order valence-electron chi connectivity index (χ4n) is 1.55. The van der Waals surface area contributed by atoms with Crippen LogP contribution in [0.25, 0.3) is 0 Å². The van der Waals surface area contributed by atoms with Gasteiger partial charge >= 0.3 is 6.03 Å².